The molecule has 8 nitrogen and oxygen atoms in total. The Balaban J connectivity index is 1.94. The van der Waals surface area contributed by atoms with E-state index < -0.39 is 35.6 Å². The van der Waals surface area contributed by atoms with Crippen LogP contribution >= 0.6 is 15.9 Å². The van der Waals surface area contributed by atoms with E-state index in [1.165, 1.54) is 0 Å². The predicted octanol–water partition coefficient (Wildman–Crippen LogP) is 1.37. The maximum Gasteiger partial charge on any atom is 0.312 e. The highest BCUT2D eigenvalue weighted by Gasteiger charge is 2.76. The fourth-order valence-corrected chi connectivity index (χ4v) is 6.34. The fourth-order valence-electron chi connectivity index (χ4n) is 5.40. The normalized spacial score (nSPS) is 35.4. The van der Waals surface area contributed by atoms with Gasteiger partial charge in [-0.05, 0) is 39.5 Å². The number of halogens is 1. The number of carbonyl (C=O) groups is 3. The van der Waals surface area contributed by atoms with Crippen LogP contribution in [0.2, 0.25) is 0 Å². The maximum absolute atomic E-state index is 13.5. The Morgan fingerprint density at radius 3 is 2.77 bits per heavy atom. The van der Waals surface area contributed by atoms with Crippen molar-refractivity contribution in [3.05, 3.63) is 0 Å². The average molecular weight is 489 g/mol. The molecule has 30 heavy (non-hydrogen) atoms. The molecule has 3 rings (SSSR count). The SMILES string of the molecule is CCCC(C)NC(=O)C1N(CCCCO)C(=O)[C@@H]2[C@H](C(=O)OCC)[C@H]3OC12CC3Br. The second-order valence-corrected chi connectivity index (χ2v) is 9.75. The van der Waals surface area contributed by atoms with Crippen LogP contribution in [0.4, 0.5) is 0 Å². The van der Waals surface area contributed by atoms with Crippen molar-refractivity contribution in [1.29, 1.82) is 0 Å². The summed E-state index contributed by atoms with van der Waals surface area (Å²) in [4.78, 5) is 41.1. The van der Waals surface area contributed by atoms with Crippen LogP contribution in [0, 0.1) is 11.8 Å². The molecule has 3 fully saturated rings. The van der Waals surface area contributed by atoms with E-state index in [1.807, 2.05) is 6.92 Å². The summed E-state index contributed by atoms with van der Waals surface area (Å²) in [6.07, 6.45) is 2.88. The molecule has 1 spiro atoms. The van der Waals surface area contributed by atoms with Crippen molar-refractivity contribution >= 4 is 33.7 Å². The van der Waals surface area contributed by atoms with Crippen LogP contribution in [0.1, 0.15) is 52.9 Å². The number of hydrogen-bond acceptors (Lipinski definition) is 6. The van der Waals surface area contributed by atoms with Crippen LogP contribution < -0.4 is 5.32 Å². The topological polar surface area (TPSA) is 105 Å². The molecule has 3 heterocycles. The molecule has 0 radical (unpaired) electrons. The third-order valence-corrected chi connectivity index (χ3v) is 7.36. The van der Waals surface area contributed by atoms with E-state index in [0.717, 1.165) is 12.8 Å². The van der Waals surface area contributed by atoms with E-state index in [9.17, 15) is 14.4 Å². The summed E-state index contributed by atoms with van der Waals surface area (Å²) in [6.45, 7) is 6.32. The number of likely N-dealkylation sites (tertiary alicyclic amines) is 1. The number of aliphatic hydroxyl groups is 1. The van der Waals surface area contributed by atoms with Crippen molar-refractivity contribution in [3.8, 4) is 0 Å². The number of aliphatic hydroxyl groups excluding tert-OH is 1. The minimum absolute atomic E-state index is 0.0217. The highest BCUT2D eigenvalue weighted by molar-refractivity contribution is 9.09. The fraction of sp³-hybridized carbons (Fsp3) is 0.857. The largest absolute Gasteiger partial charge is 0.466 e. The van der Waals surface area contributed by atoms with E-state index in [0.29, 0.717) is 25.8 Å². The molecule has 2 amide bonds. The molecule has 2 N–H and O–H groups in total. The standard InChI is InChI=1S/C21H33BrN2O6/c1-4-8-12(3)23-18(26)17-21-11-13(22)16(30-21)14(20(28)29-5-2)15(21)19(27)24(17)9-6-7-10-25/h12-17,25H,4-11H2,1-3H3,(H,23,26)/t12?,13?,14-,15-,16-,17?,21?/m0/s1. The average Bonchev–Trinajstić information content (AvgIpc) is 3.26. The molecule has 2 bridgehead atoms. The van der Waals surface area contributed by atoms with E-state index in [-0.39, 0.29) is 35.9 Å². The van der Waals surface area contributed by atoms with Gasteiger partial charge in [-0.2, -0.15) is 0 Å². The third-order valence-electron chi connectivity index (χ3n) is 6.51. The van der Waals surface area contributed by atoms with Gasteiger partial charge in [0.1, 0.15) is 11.6 Å². The number of esters is 1. The van der Waals surface area contributed by atoms with Crippen LogP contribution in [0.25, 0.3) is 0 Å². The van der Waals surface area contributed by atoms with Crippen LogP contribution in [-0.2, 0) is 23.9 Å². The van der Waals surface area contributed by atoms with Gasteiger partial charge in [-0.15, -0.1) is 0 Å². The summed E-state index contributed by atoms with van der Waals surface area (Å²) in [5.74, 6) is -2.34. The first kappa shape index (κ1) is 23.5. The molecule has 0 aliphatic carbocycles. The summed E-state index contributed by atoms with van der Waals surface area (Å²) < 4.78 is 11.6. The van der Waals surface area contributed by atoms with Crippen molar-refractivity contribution in [1.82, 2.24) is 10.2 Å². The van der Waals surface area contributed by atoms with Crippen LogP contribution in [-0.4, -0.2) is 76.2 Å². The number of nitrogens with zero attached hydrogens (tertiary/aromatic N) is 1. The number of amides is 2. The lowest BCUT2D eigenvalue weighted by atomic mass is 9.70. The Morgan fingerprint density at radius 1 is 1.40 bits per heavy atom. The van der Waals surface area contributed by atoms with Crippen LogP contribution in [0.3, 0.4) is 0 Å². The molecule has 0 aromatic heterocycles. The van der Waals surface area contributed by atoms with E-state index in [4.69, 9.17) is 14.6 Å². The number of hydrogen-bond donors (Lipinski definition) is 2. The smallest absolute Gasteiger partial charge is 0.312 e. The minimum atomic E-state index is -1.04. The predicted molar refractivity (Wildman–Crippen MR) is 113 cm³/mol. The molecule has 0 saturated carbocycles. The number of fused-ring (bicyclic) bond motifs is 1. The Labute approximate surface area is 186 Å². The number of carbonyl (C=O) groups excluding carboxylic acids is 3. The molecule has 0 aromatic rings. The van der Waals surface area contributed by atoms with E-state index >= 15 is 0 Å². The number of nitrogens with one attached hydrogen (secondary N) is 1. The van der Waals surface area contributed by atoms with Crippen molar-refractivity contribution in [2.75, 3.05) is 19.8 Å². The van der Waals surface area contributed by atoms with Gasteiger partial charge in [0.15, 0.2) is 0 Å². The van der Waals surface area contributed by atoms with Crippen molar-refractivity contribution in [3.63, 3.8) is 0 Å². The molecule has 3 aliphatic rings. The first-order valence-corrected chi connectivity index (χ1v) is 11.9. The lowest BCUT2D eigenvalue weighted by molar-refractivity contribution is -0.154. The van der Waals surface area contributed by atoms with Gasteiger partial charge in [0.05, 0.1) is 24.5 Å². The number of rotatable bonds is 10. The highest BCUT2D eigenvalue weighted by Crippen LogP contribution is 2.60. The van der Waals surface area contributed by atoms with Gasteiger partial charge in [0.2, 0.25) is 11.8 Å². The first-order valence-electron chi connectivity index (χ1n) is 11.0. The summed E-state index contributed by atoms with van der Waals surface area (Å²) in [5.41, 5.74) is -1.04. The Bertz CT molecular complexity index is 676. The Morgan fingerprint density at radius 2 is 2.13 bits per heavy atom. The quantitative estimate of drug-likeness (QED) is 0.273. The minimum Gasteiger partial charge on any atom is -0.466 e. The van der Waals surface area contributed by atoms with Crippen LogP contribution in [0.15, 0.2) is 0 Å². The molecule has 7 atom stereocenters. The zero-order chi connectivity index (χ0) is 22.1. The zero-order valence-corrected chi connectivity index (χ0v) is 19.5. The van der Waals surface area contributed by atoms with Gasteiger partial charge in [0.25, 0.3) is 0 Å². The molecular formula is C21H33BrN2O6. The van der Waals surface area contributed by atoms with Crippen molar-refractivity contribution in [2.24, 2.45) is 11.8 Å². The number of unbranched alkanes of at least 4 members (excludes halogenated alkanes) is 1. The Kier molecular flexibility index (Phi) is 7.45. The Hall–Kier alpha value is -1.19. The monoisotopic (exact) mass is 488 g/mol. The third kappa shape index (κ3) is 3.88. The lowest BCUT2D eigenvalue weighted by Gasteiger charge is -2.34. The molecule has 3 aliphatic heterocycles. The molecule has 3 saturated heterocycles. The van der Waals surface area contributed by atoms with Crippen molar-refractivity contribution in [2.45, 2.75) is 81.5 Å². The summed E-state index contributed by atoms with van der Waals surface area (Å²) in [7, 11) is 0. The summed E-state index contributed by atoms with van der Waals surface area (Å²) in [6, 6.07) is -0.816. The molecule has 170 valence electrons. The summed E-state index contributed by atoms with van der Waals surface area (Å²) >= 11 is 3.62. The second-order valence-electron chi connectivity index (χ2n) is 8.58. The second kappa shape index (κ2) is 9.53. The lowest BCUT2D eigenvalue weighted by Crippen LogP contribution is -2.57. The van der Waals surface area contributed by atoms with Crippen molar-refractivity contribution < 1.29 is 29.0 Å². The molecule has 9 heteroatoms. The van der Waals surface area contributed by atoms with Gasteiger partial charge < -0.3 is 24.8 Å². The highest BCUT2D eigenvalue weighted by atomic mass is 79.9. The molecular weight excluding hydrogens is 456 g/mol. The summed E-state index contributed by atoms with van der Waals surface area (Å²) in [5, 5.41) is 12.2. The number of alkyl halides is 1. The van der Waals surface area contributed by atoms with E-state index in [2.05, 4.69) is 28.2 Å². The zero-order valence-electron chi connectivity index (χ0n) is 17.9. The number of ether oxygens (including phenoxy) is 2. The van der Waals surface area contributed by atoms with Gasteiger partial charge >= 0.3 is 5.97 Å². The maximum atomic E-state index is 13.5. The van der Waals surface area contributed by atoms with Crippen LogP contribution in [0.5, 0.6) is 0 Å². The van der Waals surface area contributed by atoms with Gasteiger partial charge in [-0.25, -0.2) is 0 Å². The van der Waals surface area contributed by atoms with Gasteiger partial charge in [-0.3, -0.25) is 14.4 Å². The molecule has 4 unspecified atom stereocenters. The first-order chi connectivity index (χ1) is 14.3. The molecule has 0 aromatic carbocycles. The van der Waals surface area contributed by atoms with Gasteiger partial charge in [-0.1, -0.05) is 29.3 Å². The van der Waals surface area contributed by atoms with E-state index in [1.54, 1.807) is 11.8 Å². The van der Waals surface area contributed by atoms with Gasteiger partial charge in [0, 0.05) is 24.0 Å².